The van der Waals surface area contributed by atoms with Crippen molar-refractivity contribution in [1.29, 1.82) is 0 Å². The maximum absolute atomic E-state index is 11.9. The molecule has 0 fully saturated rings. The first-order valence-electron chi connectivity index (χ1n) is 9.54. The molecule has 160 valence electrons. The van der Waals surface area contributed by atoms with Crippen molar-refractivity contribution in [3.63, 3.8) is 0 Å². The Morgan fingerprint density at radius 2 is 1.57 bits per heavy atom. The number of hydrogen-bond donors (Lipinski definition) is 2. The Bertz CT molecular complexity index is 890. The second kappa shape index (κ2) is 9.93. The standard InChI is InChI=1S/C23H27NO6/c1-16(24(2,3)30-19-12-10-18(29-4)11-13-19)14-20(17-8-6-5-7-9-17)21(23(27)28)15-22(25)26/h5-13,15-16,20H,14H2,1-4H3,(H-,25,26,27,28)/p+1/b21-15+. The van der Waals surface area contributed by atoms with E-state index in [4.69, 9.17) is 9.57 Å². The van der Waals surface area contributed by atoms with Crippen LogP contribution in [0.3, 0.4) is 0 Å². The Morgan fingerprint density at radius 1 is 1.00 bits per heavy atom. The van der Waals surface area contributed by atoms with Gasteiger partial charge < -0.3 is 19.8 Å². The largest absolute Gasteiger partial charge is 0.497 e. The van der Waals surface area contributed by atoms with Gasteiger partial charge in [-0.25, -0.2) is 9.59 Å². The third-order valence-electron chi connectivity index (χ3n) is 5.14. The third-order valence-corrected chi connectivity index (χ3v) is 5.14. The summed E-state index contributed by atoms with van der Waals surface area (Å²) in [6.07, 6.45) is 1.15. The molecule has 0 amide bonds. The van der Waals surface area contributed by atoms with E-state index in [1.54, 1.807) is 55.6 Å². The van der Waals surface area contributed by atoms with Crippen LogP contribution in [0.1, 0.15) is 24.8 Å². The lowest BCUT2D eigenvalue weighted by atomic mass is 9.85. The first-order chi connectivity index (χ1) is 14.1. The molecule has 0 aliphatic heterocycles. The predicted molar refractivity (Wildman–Crippen MR) is 112 cm³/mol. The predicted octanol–water partition coefficient (Wildman–Crippen LogP) is 3.72. The number of carbonyl (C=O) groups is 2. The Labute approximate surface area is 176 Å². The molecule has 30 heavy (non-hydrogen) atoms. The number of carboxylic acid groups (broad SMARTS) is 2. The molecule has 0 saturated carbocycles. The number of hydrogen-bond acceptors (Lipinski definition) is 4. The summed E-state index contributed by atoms with van der Waals surface area (Å²) in [4.78, 5) is 29.2. The first-order valence-corrected chi connectivity index (χ1v) is 9.54. The normalized spacial score (nSPS) is 13.9. The van der Waals surface area contributed by atoms with Gasteiger partial charge in [0.2, 0.25) is 0 Å². The van der Waals surface area contributed by atoms with Crippen molar-refractivity contribution in [3.8, 4) is 11.5 Å². The SMILES string of the molecule is COc1ccc(O[N+](C)(C)C(C)CC(/C(=C\C(=O)O)C(=O)O)c2ccccc2)cc1. The Hall–Kier alpha value is -3.32. The van der Waals surface area contributed by atoms with Crippen LogP contribution in [0.15, 0.2) is 66.2 Å². The van der Waals surface area contributed by atoms with Crippen molar-refractivity contribution in [2.45, 2.75) is 25.3 Å². The maximum Gasteiger partial charge on any atom is 0.332 e. The summed E-state index contributed by atoms with van der Waals surface area (Å²) >= 11 is 0. The van der Waals surface area contributed by atoms with Gasteiger partial charge in [0.1, 0.15) is 25.9 Å². The molecule has 2 aromatic rings. The zero-order valence-electron chi connectivity index (χ0n) is 17.6. The topological polar surface area (TPSA) is 93.1 Å². The van der Waals surface area contributed by atoms with Crippen LogP contribution in [0.4, 0.5) is 0 Å². The molecular weight excluding hydrogens is 386 g/mol. The average molecular weight is 414 g/mol. The van der Waals surface area contributed by atoms with Crippen molar-refractivity contribution in [2.24, 2.45) is 0 Å². The van der Waals surface area contributed by atoms with Crippen LogP contribution >= 0.6 is 0 Å². The highest BCUT2D eigenvalue weighted by Gasteiger charge is 2.34. The molecule has 0 aliphatic rings. The van der Waals surface area contributed by atoms with Crippen LogP contribution < -0.4 is 9.57 Å². The van der Waals surface area contributed by atoms with Gasteiger partial charge in [-0.05, 0) is 36.8 Å². The van der Waals surface area contributed by atoms with Crippen molar-refractivity contribution in [1.82, 2.24) is 0 Å². The van der Waals surface area contributed by atoms with Gasteiger partial charge in [0.05, 0.1) is 12.7 Å². The molecule has 7 nitrogen and oxygen atoms in total. The highest BCUT2D eigenvalue weighted by atomic mass is 16.7. The number of benzene rings is 2. The van der Waals surface area contributed by atoms with Crippen molar-refractivity contribution < 1.29 is 34.0 Å². The van der Waals surface area contributed by atoms with Crippen molar-refractivity contribution in [3.05, 3.63) is 71.8 Å². The number of rotatable bonds is 10. The summed E-state index contributed by atoms with van der Waals surface area (Å²) in [6, 6.07) is 16.1. The second-order valence-electron chi connectivity index (χ2n) is 7.49. The highest BCUT2D eigenvalue weighted by molar-refractivity contribution is 5.96. The van der Waals surface area contributed by atoms with Gasteiger partial charge in [-0.1, -0.05) is 30.3 Å². The van der Waals surface area contributed by atoms with Gasteiger partial charge in [0.25, 0.3) is 0 Å². The van der Waals surface area contributed by atoms with Gasteiger partial charge in [-0.2, -0.15) is 0 Å². The summed E-state index contributed by atoms with van der Waals surface area (Å²) in [6.45, 7) is 1.94. The van der Waals surface area contributed by atoms with Crippen molar-refractivity contribution >= 4 is 11.9 Å². The lowest BCUT2D eigenvalue weighted by molar-refractivity contribution is -1.07. The van der Waals surface area contributed by atoms with Gasteiger partial charge in [0.15, 0.2) is 5.75 Å². The Balaban J connectivity index is 2.30. The molecule has 0 saturated heterocycles. The molecule has 2 atom stereocenters. The highest BCUT2D eigenvalue weighted by Crippen LogP contribution is 2.32. The zero-order valence-corrected chi connectivity index (χ0v) is 17.6. The van der Waals surface area contributed by atoms with Crippen LogP contribution in [0.5, 0.6) is 11.5 Å². The van der Waals surface area contributed by atoms with Gasteiger partial charge in [-0.3, -0.25) is 0 Å². The molecular formula is C23H28NO6+. The number of carboxylic acids is 2. The quantitative estimate of drug-likeness (QED) is 0.350. The fraction of sp³-hybridized carbons (Fsp3) is 0.304. The zero-order chi connectivity index (χ0) is 22.3. The molecule has 0 heterocycles. The lowest BCUT2D eigenvalue weighted by Gasteiger charge is -2.35. The molecule has 0 spiro atoms. The molecule has 2 rings (SSSR count). The van der Waals surface area contributed by atoms with E-state index in [2.05, 4.69) is 0 Å². The van der Waals surface area contributed by atoms with Crippen LogP contribution in [-0.4, -0.2) is 54.0 Å². The Kier molecular flexibility index (Phi) is 7.60. The average Bonchev–Trinajstić information content (AvgIpc) is 2.71. The molecule has 7 heteroatoms. The fourth-order valence-electron chi connectivity index (χ4n) is 3.17. The second-order valence-corrected chi connectivity index (χ2v) is 7.49. The van der Waals surface area contributed by atoms with E-state index >= 15 is 0 Å². The van der Waals surface area contributed by atoms with Crippen LogP contribution in [-0.2, 0) is 9.59 Å². The summed E-state index contributed by atoms with van der Waals surface area (Å²) in [7, 11) is 5.34. The molecule has 0 aromatic heterocycles. The van der Waals surface area contributed by atoms with Crippen LogP contribution in [0.2, 0.25) is 0 Å². The summed E-state index contributed by atoms with van der Waals surface area (Å²) in [5, 5.41) is 18.9. The lowest BCUT2D eigenvalue weighted by Crippen LogP contribution is -2.50. The Morgan fingerprint density at radius 3 is 2.07 bits per heavy atom. The van der Waals surface area contributed by atoms with Gasteiger partial charge in [-0.15, -0.1) is 4.65 Å². The van der Waals surface area contributed by atoms with Crippen LogP contribution in [0.25, 0.3) is 0 Å². The minimum absolute atomic E-state index is 0.121. The number of quaternary nitrogens is 1. The van der Waals surface area contributed by atoms with E-state index in [1.165, 1.54) is 0 Å². The molecule has 0 radical (unpaired) electrons. The maximum atomic E-state index is 11.9. The van der Waals surface area contributed by atoms with E-state index < -0.39 is 17.9 Å². The summed E-state index contributed by atoms with van der Waals surface area (Å²) < 4.78 is 5.28. The third kappa shape index (κ3) is 6.09. The minimum Gasteiger partial charge on any atom is -0.497 e. The number of hydroxylamine groups is 3. The minimum atomic E-state index is -1.29. The molecule has 2 unspecified atom stereocenters. The number of nitrogens with zero attached hydrogens (tertiary/aromatic N) is 1. The molecule has 2 N–H and O–H groups in total. The number of aliphatic carboxylic acids is 2. The summed E-state index contributed by atoms with van der Waals surface area (Å²) in [5.74, 6) is -1.78. The van der Waals surface area contributed by atoms with E-state index in [-0.39, 0.29) is 16.3 Å². The van der Waals surface area contributed by atoms with Gasteiger partial charge in [0, 0.05) is 18.4 Å². The van der Waals surface area contributed by atoms with E-state index in [1.807, 2.05) is 27.1 Å². The molecule has 2 aromatic carbocycles. The van der Waals surface area contributed by atoms with Gasteiger partial charge >= 0.3 is 11.9 Å². The first kappa shape index (κ1) is 23.0. The number of ether oxygens (including phenoxy) is 1. The summed E-state index contributed by atoms with van der Waals surface area (Å²) in [5.41, 5.74) is 0.577. The van der Waals surface area contributed by atoms with Crippen molar-refractivity contribution in [2.75, 3.05) is 21.2 Å². The molecule has 0 bridgehead atoms. The van der Waals surface area contributed by atoms with E-state index in [0.717, 1.165) is 17.4 Å². The van der Waals surface area contributed by atoms with E-state index in [9.17, 15) is 19.8 Å². The fourth-order valence-corrected chi connectivity index (χ4v) is 3.17. The smallest absolute Gasteiger partial charge is 0.332 e. The van der Waals surface area contributed by atoms with E-state index in [0.29, 0.717) is 12.2 Å². The molecule has 0 aliphatic carbocycles. The van der Waals surface area contributed by atoms with Crippen LogP contribution in [0, 0.1) is 0 Å². The number of methoxy groups -OCH3 is 1. The monoisotopic (exact) mass is 414 g/mol.